The van der Waals surface area contributed by atoms with Crippen LogP contribution in [0.5, 0.6) is 17.2 Å². The van der Waals surface area contributed by atoms with Crippen LogP contribution in [0.2, 0.25) is 0 Å². The van der Waals surface area contributed by atoms with Crippen molar-refractivity contribution in [3.63, 3.8) is 0 Å². The maximum absolute atomic E-state index is 12.0. The number of hydrogen-bond acceptors (Lipinski definition) is 5. The Balaban J connectivity index is 1.89. The van der Waals surface area contributed by atoms with E-state index in [1.54, 1.807) is 0 Å². The summed E-state index contributed by atoms with van der Waals surface area (Å²) in [4.78, 5) is 23.8. The van der Waals surface area contributed by atoms with Gasteiger partial charge in [0.1, 0.15) is 22.8 Å². The molecule has 1 heterocycles. The van der Waals surface area contributed by atoms with E-state index in [2.05, 4.69) is 47.6 Å². The number of ether oxygens (including phenoxy) is 1. The van der Waals surface area contributed by atoms with Gasteiger partial charge in [0.2, 0.25) is 0 Å². The van der Waals surface area contributed by atoms with Crippen LogP contribution in [0.3, 0.4) is 0 Å². The highest BCUT2D eigenvalue weighted by Gasteiger charge is 2.57. The van der Waals surface area contributed by atoms with Crippen LogP contribution in [0.15, 0.2) is 11.6 Å². The summed E-state index contributed by atoms with van der Waals surface area (Å²) < 4.78 is 6.63. The topological polar surface area (TPSA) is 83.8 Å². The van der Waals surface area contributed by atoms with Gasteiger partial charge in [-0.15, -0.1) is 0 Å². The summed E-state index contributed by atoms with van der Waals surface area (Å²) in [6.07, 6.45) is 7.96. The van der Waals surface area contributed by atoms with Crippen molar-refractivity contribution >= 4 is 12.6 Å². The minimum absolute atomic E-state index is 0.0314. The number of aromatic hydroxyl groups is 2. The number of aldehydes is 2. The molecule has 1 fully saturated rings. The van der Waals surface area contributed by atoms with Gasteiger partial charge in [0, 0.05) is 11.5 Å². The molecule has 2 aliphatic carbocycles. The van der Waals surface area contributed by atoms with Crippen molar-refractivity contribution in [2.45, 2.75) is 85.2 Å². The van der Waals surface area contributed by atoms with Crippen molar-refractivity contribution in [1.29, 1.82) is 0 Å². The fraction of sp³-hybridized carbons (Fsp3) is 0.643. The molecule has 0 bridgehead atoms. The molecule has 5 nitrogen and oxygen atoms in total. The summed E-state index contributed by atoms with van der Waals surface area (Å²) in [7, 11) is 0. The third kappa shape index (κ3) is 3.77. The van der Waals surface area contributed by atoms with E-state index in [-0.39, 0.29) is 39.9 Å². The van der Waals surface area contributed by atoms with Gasteiger partial charge in [-0.1, -0.05) is 39.3 Å². The first-order chi connectivity index (χ1) is 15.5. The Morgan fingerprint density at radius 3 is 2.33 bits per heavy atom. The molecule has 33 heavy (non-hydrogen) atoms. The molecule has 0 unspecified atom stereocenters. The molecule has 5 atom stereocenters. The van der Waals surface area contributed by atoms with Gasteiger partial charge in [0.25, 0.3) is 0 Å². The van der Waals surface area contributed by atoms with Crippen molar-refractivity contribution in [3.8, 4) is 17.2 Å². The molecule has 0 radical (unpaired) electrons. The molecular weight excluding hydrogens is 416 g/mol. The second kappa shape index (κ2) is 8.18. The van der Waals surface area contributed by atoms with Crippen LogP contribution >= 0.6 is 0 Å². The molecule has 0 saturated heterocycles. The van der Waals surface area contributed by atoms with E-state index in [4.69, 9.17) is 4.74 Å². The highest BCUT2D eigenvalue weighted by atomic mass is 16.5. The van der Waals surface area contributed by atoms with E-state index in [9.17, 15) is 19.8 Å². The lowest BCUT2D eigenvalue weighted by Crippen LogP contribution is -2.48. The summed E-state index contributed by atoms with van der Waals surface area (Å²) in [6.45, 7) is 13.3. The summed E-state index contributed by atoms with van der Waals surface area (Å²) in [5.41, 5.74) is 1.39. The van der Waals surface area contributed by atoms with Crippen LogP contribution in [0.1, 0.15) is 106 Å². The number of phenols is 2. The van der Waals surface area contributed by atoms with E-state index in [1.807, 2.05) is 0 Å². The Bertz CT molecular complexity index is 1000. The van der Waals surface area contributed by atoms with Crippen LogP contribution < -0.4 is 4.74 Å². The van der Waals surface area contributed by atoms with E-state index in [0.717, 1.165) is 32.1 Å². The largest absolute Gasteiger partial charge is 0.507 e. The normalized spacial score (nSPS) is 32.5. The highest BCUT2D eigenvalue weighted by Crippen LogP contribution is 2.64. The Kier molecular flexibility index (Phi) is 5.91. The molecule has 5 heteroatoms. The molecule has 180 valence electrons. The lowest BCUT2D eigenvalue weighted by Gasteiger charge is -2.49. The third-order valence-electron chi connectivity index (χ3n) is 8.85. The lowest BCUT2D eigenvalue weighted by molar-refractivity contribution is -0.0253. The maximum atomic E-state index is 12.0. The fourth-order valence-electron chi connectivity index (χ4n) is 6.79. The predicted molar refractivity (Wildman–Crippen MR) is 128 cm³/mol. The highest BCUT2D eigenvalue weighted by molar-refractivity contribution is 5.95. The number of hydrogen-bond donors (Lipinski definition) is 2. The summed E-state index contributed by atoms with van der Waals surface area (Å²) >= 11 is 0. The molecule has 4 rings (SSSR count). The fourth-order valence-corrected chi connectivity index (χ4v) is 6.79. The van der Waals surface area contributed by atoms with Gasteiger partial charge in [-0.05, 0) is 75.0 Å². The Labute approximate surface area is 197 Å². The smallest absolute Gasteiger partial charge is 0.157 e. The Hall–Kier alpha value is -2.30. The molecule has 1 aliphatic heterocycles. The average Bonchev–Trinajstić information content (AvgIpc) is 3.24. The first kappa shape index (κ1) is 23.8. The average molecular weight is 455 g/mol. The van der Waals surface area contributed by atoms with Crippen molar-refractivity contribution in [2.75, 3.05) is 0 Å². The minimum Gasteiger partial charge on any atom is -0.507 e. The third-order valence-corrected chi connectivity index (χ3v) is 8.85. The van der Waals surface area contributed by atoms with Crippen molar-refractivity contribution in [1.82, 2.24) is 0 Å². The van der Waals surface area contributed by atoms with Crippen LogP contribution in [0, 0.1) is 29.1 Å². The summed E-state index contributed by atoms with van der Waals surface area (Å²) in [5.74, 6) is 1.08. The summed E-state index contributed by atoms with van der Waals surface area (Å²) in [6, 6.07) is 0. The van der Waals surface area contributed by atoms with E-state index < -0.39 is 11.4 Å². The van der Waals surface area contributed by atoms with Gasteiger partial charge >= 0.3 is 0 Å². The van der Waals surface area contributed by atoms with E-state index >= 15 is 0 Å². The zero-order chi connectivity index (χ0) is 24.3. The van der Waals surface area contributed by atoms with Gasteiger partial charge in [-0.2, -0.15) is 0 Å². The van der Waals surface area contributed by atoms with Crippen LogP contribution in [-0.4, -0.2) is 28.4 Å². The Morgan fingerprint density at radius 2 is 1.73 bits per heavy atom. The molecule has 0 amide bonds. The monoisotopic (exact) mass is 454 g/mol. The second-order valence-electron chi connectivity index (χ2n) is 11.8. The maximum Gasteiger partial charge on any atom is 0.157 e. The molecule has 1 aromatic rings. The van der Waals surface area contributed by atoms with Crippen molar-refractivity contribution < 1.29 is 24.5 Å². The standard InChI is InChI=1S/C28H38O5/c1-15(2)11-17-20-8-7-16(3)12-22-21(27(22,4)5)9-10-28(20,6)33-26-19(14-30)24(31)18(13-29)25(32)23(17)26/h12-15,17,20-22,31-32H,7-11H2,1-6H3/t17-,20+,21+,22-,28-/m0/s1. The first-order valence-electron chi connectivity index (χ1n) is 12.3. The number of carbonyl (C=O) groups is 2. The molecular formula is C28H38O5. The summed E-state index contributed by atoms with van der Waals surface area (Å²) in [5, 5.41) is 21.7. The van der Waals surface area contributed by atoms with Gasteiger partial charge in [0.15, 0.2) is 12.6 Å². The number of fused-ring (bicyclic) bond motifs is 3. The number of allylic oxidation sites excluding steroid dienone is 2. The zero-order valence-electron chi connectivity index (χ0n) is 20.8. The second-order valence-corrected chi connectivity index (χ2v) is 11.8. The minimum atomic E-state index is -0.535. The predicted octanol–water partition coefficient (Wildman–Crippen LogP) is 6.41. The first-order valence-corrected chi connectivity index (χ1v) is 12.3. The van der Waals surface area contributed by atoms with Gasteiger partial charge in [-0.3, -0.25) is 9.59 Å². The molecule has 1 saturated carbocycles. The molecule has 0 spiro atoms. The van der Waals surface area contributed by atoms with Crippen molar-refractivity contribution in [2.24, 2.45) is 29.1 Å². The molecule has 0 aromatic heterocycles. The van der Waals surface area contributed by atoms with Crippen LogP contribution in [0.4, 0.5) is 0 Å². The zero-order valence-corrected chi connectivity index (χ0v) is 20.8. The lowest BCUT2D eigenvalue weighted by atomic mass is 9.65. The molecule has 2 N–H and O–H groups in total. The number of rotatable bonds is 4. The number of phenolic OH excluding ortho intramolecular Hbond substituents is 2. The van der Waals surface area contributed by atoms with E-state index in [1.165, 1.54) is 5.57 Å². The van der Waals surface area contributed by atoms with E-state index in [0.29, 0.717) is 35.9 Å². The van der Waals surface area contributed by atoms with Gasteiger partial charge < -0.3 is 14.9 Å². The van der Waals surface area contributed by atoms with Crippen molar-refractivity contribution in [3.05, 3.63) is 28.3 Å². The Morgan fingerprint density at radius 1 is 1.06 bits per heavy atom. The number of carbonyl (C=O) groups excluding carboxylic acids is 2. The van der Waals surface area contributed by atoms with Crippen LogP contribution in [0.25, 0.3) is 0 Å². The molecule has 3 aliphatic rings. The molecule has 1 aromatic carbocycles. The number of benzene rings is 1. The SMILES string of the molecule is CC1=C[C@H]2[C@@H](CC[C@]3(C)Oc4c(C=O)c(O)c(C=O)c(O)c4[C@@H](CC(C)C)[C@H]3CC1)C2(C)C. The van der Waals surface area contributed by atoms with Gasteiger partial charge in [-0.25, -0.2) is 0 Å². The quantitative estimate of drug-likeness (QED) is 0.405. The van der Waals surface area contributed by atoms with Gasteiger partial charge in [0.05, 0.1) is 11.1 Å². The van der Waals surface area contributed by atoms with Crippen LogP contribution in [-0.2, 0) is 0 Å².